The fraction of sp³-hybridized carbons (Fsp3) is 0.158. The third-order valence-electron chi connectivity index (χ3n) is 4.15. The van der Waals surface area contributed by atoms with Crippen LogP contribution >= 0.6 is 0 Å². The first-order valence-electron chi connectivity index (χ1n) is 8.08. The molecule has 0 spiro atoms. The maximum absolute atomic E-state index is 12.7. The number of nitrogens with zero attached hydrogens (tertiary/aromatic N) is 1. The first-order chi connectivity index (χ1) is 12.2. The Morgan fingerprint density at radius 3 is 2.60 bits per heavy atom. The number of rotatable bonds is 6. The molecule has 1 atom stereocenters. The molecule has 3 aromatic rings. The van der Waals surface area contributed by atoms with Crippen LogP contribution in [-0.2, 0) is 11.3 Å². The molecule has 2 aromatic carbocycles. The summed E-state index contributed by atoms with van der Waals surface area (Å²) in [6.07, 6.45) is 3.52. The minimum Gasteiger partial charge on any atom is -0.329 e. The zero-order valence-electron chi connectivity index (χ0n) is 13.8. The van der Waals surface area contributed by atoms with Gasteiger partial charge in [-0.05, 0) is 34.7 Å². The Labute approximate surface area is 146 Å². The summed E-state index contributed by atoms with van der Waals surface area (Å²) < 4.78 is 0. The first-order valence-corrected chi connectivity index (χ1v) is 8.08. The molecule has 6 heteroatoms. The van der Waals surface area contributed by atoms with Crippen LogP contribution in [0, 0.1) is 0 Å². The number of carbonyl (C=O) groups excluding carboxylic acids is 1. The molecule has 1 amide bonds. The summed E-state index contributed by atoms with van der Waals surface area (Å²) in [6, 6.07) is 15.3. The molecule has 0 aliphatic carbocycles. The number of fused-ring (bicyclic) bond motifs is 1. The Balaban J connectivity index is 1.76. The maximum atomic E-state index is 12.7. The third kappa shape index (κ3) is 4.00. The predicted molar refractivity (Wildman–Crippen MR) is 99.6 cm³/mol. The number of hydrogen-bond acceptors (Lipinski definition) is 5. The molecule has 6 N–H and O–H groups in total. The van der Waals surface area contributed by atoms with E-state index in [4.69, 9.17) is 11.6 Å². The zero-order chi connectivity index (χ0) is 17.6. The van der Waals surface area contributed by atoms with Crippen molar-refractivity contribution in [2.75, 3.05) is 11.9 Å². The van der Waals surface area contributed by atoms with Crippen LogP contribution < -0.4 is 22.3 Å². The molecule has 1 aromatic heterocycles. The van der Waals surface area contributed by atoms with Gasteiger partial charge in [0.2, 0.25) is 5.91 Å². The predicted octanol–water partition coefficient (Wildman–Crippen LogP) is 1.88. The van der Waals surface area contributed by atoms with Crippen molar-refractivity contribution >= 4 is 22.4 Å². The number of anilines is 1. The van der Waals surface area contributed by atoms with Crippen LogP contribution in [0.1, 0.15) is 17.0 Å². The highest BCUT2D eigenvalue weighted by atomic mass is 16.1. The lowest BCUT2D eigenvalue weighted by Gasteiger charge is -2.16. The van der Waals surface area contributed by atoms with Gasteiger partial charge in [-0.15, -0.1) is 0 Å². The van der Waals surface area contributed by atoms with Gasteiger partial charge >= 0.3 is 0 Å². The average Bonchev–Trinajstić information content (AvgIpc) is 2.64. The van der Waals surface area contributed by atoms with Gasteiger partial charge in [-0.1, -0.05) is 30.3 Å². The summed E-state index contributed by atoms with van der Waals surface area (Å²) in [6.45, 7) is 0.809. The summed E-state index contributed by atoms with van der Waals surface area (Å²) in [4.78, 5) is 16.7. The summed E-state index contributed by atoms with van der Waals surface area (Å²) in [7, 11) is 0. The molecular weight excluding hydrogens is 314 g/mol. The molecule has 1 heterocycles. The van der Waals surface area contributed by atoms with Crippen LogP contribution in [0.25, 0.3) is 10.8 Å². The zero-order valence-corrected chi connectivity index (χ0v) is 13.8. The van der Waals surface area contributed by atoms with Crippen LogP contribution in [0.15, 0.2) is 60.9 Å². The van der Waals surface area contributed by atoms with Crippen molar-refractivity contribution in [1.82, 2.24) is 10.4 Å². The minimum atomic E-state index is -0.409. The molecule has 6 nitrogen and oxygen atoms in total. The lowest BCUT2D eigenvalue weighted by atomic mass is 9.97. The lowest BCUT2D eigenvalue weighted by molar-refractivity contribution is -0.117. The van der Waals surface area contributed by atoms with E-state index in [1.165, 1.54) is 0 Å². The van der Waals surface area contributed by atoms with Crippen LogP contribution in [0.4, 0.5) is 5.69 Å². The maximum Gasteiger partial charge on any atom is 0.233 e. The fourth-order valence-corrected chi connectivity index (χ4v) is 2.77. The van der Waals surface area contributed by atoms with E-state index in [0.717, 1.165) is 27.6 Å². The summed E-state index contributed by atoms with van der Waals surface area (Å²) in [5.74, 6) is 4.79. The number of amides is 1. The SMILES string of the molecule is NCC(C(=O)Nc1ccc2cnccc2c1)c1ccc(CNN)cc1. The summed E-state index contributed by atoms with van der Waals surface area (Å²) >= 11 is 0. The van der Waals surface area contributed by atoms with Crippen molar-refractivity contribution in [3.63, 3.8) is 0 Å². The van der Waals surface area contributed by atoms with Crippen molar-refractivity contribution in [3.05, 3.63) is 72.1 Å². The molecule has 0 saturated heterocycles. The van der Waals surface area contributed by atoms with Gasteiger partial charge < -0.3 is 11.1 Å². The second-order valence-corrected chi connectivity index (χ2v) is 5.84. The van der Waals surface area contributed by atoms with Crippen molar-refractivity contribution in [1.29, 1.82) is 0 Å². The normalized spacial score (nSPS) is 12.1. The van der Waals surface area contributed by atoms with Crippen molar-refractivity contribution < 1.29 is 4.79 Å². The van der Waals surface area contributed by atoms with E-state index < -0.39 is 5.92 Å². The largest absolute Gasteiger partial charge is 0.329 e. The van der Waals surface area contributed by atoms with Crippen LogP contribution in [0.5, 0.6) is 0 Å². The van der Waals surface area contributed by atoms with Gasteiger partial charge in [0, 0.05) is 36.6 Å². The molecule has 0 fully saturated rings. The van der Waals surface area contributed by atoms with E-state index in [-0.39, 0.29) is 12.5 Å². The van der Waals surface area contributed by atoms with E-state index in [9.17, 15) is 4.79 Å². The Morgan fingerprint density at radius 1 is 1.08 bits per heavy atom. The first kappa shape index (κ1) is 17.0. The van der Waals surface area contributed by atoms with Gasteiger partial charge in [0.05, 0.1) is 5.92 Å². The molecule has 0 bridgehead atoms. The number of pyridine rings is 1. The standard InChI is InChI=1S/C19H21N5O/c20-10-18(14-3-1-13(2-4-14)11-23-21)19(25)24-17-6-5-16-12-22-8-7-15(16)9-17/h1-9,12,18,23H,10-11,20-21H2,(H,24,25). The van der Waals surface area contributed by atoms with Crippen LogP contribution in [0.2, 0.25) is 0 Å². The second-order valence-electron chi connectivity index (χ2n) is 5.84. The van der Waals surface area contributed by atoms with E-state index in [2.05, 4.69) is 15.7 Å². The molecule has 0 saturated carbocycles. The molecular formula is C19H21N5O. The summed E-state index contributed by atoms with van der Waals surface area (Å²) in [5, 5.41) is 5.00. The van der Waals surface area contributed by atoms with E-state index >= 15 is 0 Å². The van der Waals surface area contributed by atoms with E-state index in [0.29, 0.717) is 6.54 Å². The van der Waals surface area contributed by atoms with Gasteiger partial charge in [0.15, 0.2) is 0 Å². The average molecular weight is 335 g/mol. The number of hydrogen-bond donors (Lipinski definition) is 4. The highest BCUT2D eigenvalue weighted by Crippen LogP contribution is 2.21. The number of nitrogens with two attached hydrogens (primary N) is 2. The van der Waals surface area contributed by atoms with Crippen molar-refractivity contribution in [2.24, 2.45) is 11.6 Å². The van der Waals surface area contributed by atoms with E-state index in [1.807, 2.05) is 48.5 Å². The fourth-order valence-electron chi connectivity index (χ4n) is 2.77. The van der Waals surface area contributed by atoms with E-state index in [1.54, 1.807) is 12.4 Å². The highest BCUT2D eigenvalue weighted by Gasteiger charge is 2.19. The Hall–Kier alpha value is -2.80. The van der Waals surface area contributed by atoms with Crippen molar-refractivity contribution in [3.8, 4) is 0 Å². The Morgan fingerprint density at radius 2 is 1.88 bits per heavy atom. The summed E-state index contributed by atoms with van der Waals surface area (Å²) in [5.41, 5.74) is 11.1. The van der Waals surface area contributed by atoms with Gasteiger partial charge in [-0.2, -0.15) is 0 Å². The van der Waals surface area contributed by atoms with Gasteiger partial charge in [0.25, 0.3) is 0 Å². The molecule has 1 unspecified atom stereocenters. The molecule has 0 aliphatic heterocycles. The number of hydrazine groups is 1. The minimum absolute atomic E-state index is 0.124. The lowest BCUT2D eigenvalue weighted by Crippen LogP contribution is -2.27. The third-order valence-corrected chi connectivity index (χ3v) is 4.15. The molecule has 0 radical (unpaired) electrons. The molecule has 0 aliphatic rings. The van der Waals surface area contributed by atoms with Gasteiger partial charge in [-0.25, -0.2) is 0 Å². The topological polar surface area (TPSA) is 106 Å². The Kier molecular flexibility index (Phi) is 5.35. The van der Waals surface area contributed by atoms with Crippen molar-refractivity contribution in [2.45, 2.75) is 12.5 Å². The number of carbonyl (C=O) groups is 1. The second kappa shape index (κ2) is 7.85. The van der Waals surface area contributed by atoms with Gasteiger partial charge in [0.1, 0.15) is 0 Å². The van der Waals surface area contributed by atoms with Crippen LogP contribution in [-0.4, -0.2) is 17.4 Å². The molecule has 3 rings (SSSR count). The van der Waals surface area contributed by atoms with Crippen LogP contribution in [0.3, 0.4) is 0 Å². The quantitative estimate of drug-likeness (QED) is 0.406. The number of aromatic nitrogens is 1. The Bertz CT molecular complexity index is 863. The smallest absolute Gasteiger partial charge is 0.233 e. The molecule has 128 valence electrons. The van der Waals surface area contributed by atoms with Gasteiger partial charge in [-0.3, -0.25) is 21.0 Å². The number of benzene rings is 2. The monoisotopic (exact) mass is 335 g/mol. The molecule has 25 heavy (non-hydrogen) atoms. The highest BCUT2D eigenvalue weighted by molar-refractivity contribution is 5.98. The number of nitrogens with one attached hydrogen (secondary N) is 2.